The zero-order chi connectivity index (χ0) is 17.4. The summed E-state index contributed by atoms with van der Waals surface area (Å²) in [7, 11) is 1.87. The van der Waals surface area contributed by atoms with Crippen LogP contribution in [0.15, 0.2) is 36.4 Å². The standard InChI is InChI=1S/C18H17F2N3O/c1-11-4-7-17-16(8-11)21-18(22(17)3)12(2)23(10-24)13-5-6-14(19)15(20)9-13/h4-10,12H,1-3H3. The van der Waals surface area contributed by atoms with Gasteiger partial charge in [-0.1, -0.05) is 6.07 Å². The molecule has 124 valence electrons. The lowest BCUT2D eigenvalue weighted by atomic mass is 10.2. The van der Waals surface area contributed by atoms with E-state index in [2.05, 4.69) is 4.98 Å². The predicted octanol–water partition coefficient (Wildman–Crippen LogP) is 3.88. The van der Waals surface area contributed by atoms with E-state index in [1.54, 1.807) is 6.92 Å². The van der Waals surface area contributed by atoms with Crippen LogP contribution in [0.4, 0.5) is 14.5 Å². The van der Waals surface area contributed by atoms with Crippen molar-refractivity contribution in [2.45, 2.75) is 19.9 Å². The van der Waals surface area contributed by atoms with Crippen molar-refractivity contribution < 1.29 is 13.6 Å². The minimum Gasteiger partial charge on any atom is -0.329 e. The van der Waals surface area contributed by atoms with Crippen molar-refractivity contribution in [3.63, 3.8) is 0 Å². The summed E-state index contributed by atoms with van der Waals surface area (Å²) >= 11 is 0. The molecule has 1 unspecified atom stereocenters. The summed E-state index contributed by atoms with van der Waals surface area (Å²) in [6.45, 7) is 3.78. The van der Waals surface area contributed by atoms with Gasteiger partial charge in [-0.25, -0.2) is 13.8 Å². The zero-order valence-corrected chi connectivity index (χ0v) is 13.6. The monoisotopic (exact) mass is 329 g/mol. The summed E-state index contributed by atoms with van der Waals surface area (Å²) in [5.41, 5.74) is 3.14. The maximum Gasteiger partial charge on any atom is 0.214 e. The maximum absolute atomic E-state index is 13.5. The first-order valence-corrected chi connectivity index (χ1v) is 7.54. The first-order valence-electron chi connectivity index (χ1n) is 7.54. The third kappa shape index (κ3) is 2.64. The topological polar surface area (TPSA) is 38.1 Å². The van der Waals surface area contributed by atoms with E-state index in [-0.39, 0.29) is 5.69 Å². The molecule has 0 aliphatic rings. The van der Waals surface area contributed by atoms with Crippen molar-refractivity contribution >= 4 is 23.1 Å². The summed E-state index contributed by atoms with van der Waals surface area (Å²) in [4.78, 5) is 17.5. The third-order valence-electron chi connectivity index (χ3n) is 4.18. The van der Waals surface area contributed by atoms with Crippen LogP contribution in [0.5, 0.6) is 0 Å². The van der Waals surface area contributed by atoms with Crippen molar-refractivity contribution in [3.05, 3.63) is 59.4 Å². The van der Waals surface area contributed by atoms with Gasteiger partial charge in [-0.15, -0.1) is 0 Å². The van der Waals surface area contributed by atoms with Crippen LogP contribution in [0.3, 0.4) is 0 Å². The molecule has 0 aliphatic heterocycles. The molecule has 1 amide bonds. The summed E-state index contributed by atoms with van der Waals surface area (Å²) in [6.07, 6.45) is 0.599. The molecule has 0 radical (unpaired) electrons. The number of aryl methyl sites for hydroxylation is 2. The van der Waals surface area contributed by atoms with Gasteiger partial charge in [0.2, 0.25) is 6.41 Å². The van der Waals surface area contributed by atoms with Crippen LogP contribution in [0.2, 0.25) is 0 Å². The lowest BCUT2D eigenvalue weighted by Gasteiger charge is -2.25. The van der Waals surface area contributed by atoms with Gasteiger partial charge in [-0.05, 0) is 43.7 Å². The van der Waals surface area contributed by atoms with Crippen molar-refractivity contribution in [3.8, 4) is 0 Å². The maximum atomic E-state index is 13.5. The van der Waals surface area contributed by atoms with Gasteiger partial charge in [0.15, 0.2) is 11.6 Å². The fraction of sp³-hybridized carbons (Fsp3) is 0.222. The van der Waals surface area contributed by atoms with Crippen LogP contribution in [0.1, 0.15) is 24.4 Å². The molecule has 0 aliphatic carbocycles. The van der Waals surface area contributed by atoms with Gasteiger partial charge in [-0.2, -0.15) is 0 Å². The van der Waals surface area contributed by atoms with Gasteiger partial charge in [0.25, 0.3) is 0 Å². The Balaban J connectivity index is 2.05. The molecule has 1 aromatic heterocycles. The molecule has 4 nitrogen and oxygen atoms in total. The van der Waals surface area contributed by atoms with Gasteiger partial charge < -0.3 is 9.47 Å². The lowest BCUT2D eigenvalue weighted by Crippen LogP contribution is -2.27. The largest absolute Gasteiger partial charge is 0.329 e. The van der Waals surface area contributed by atoms with E-state index in [4.69, 9.17) is 0 Å². The number of amides is 1. The Kier molecular flexibility index (Phi) is 4.05. The summed E-state index contributed by atoms with van der Waals surface area (Å²) in [6, 6.07) is 8.87. The summed E-state index contributed by atoms with van der Waals surface area (Å²) < 4.78 is 28.5. The molecule has 2 aromatic carbocycles. The van der Waals surface area contributed by atoms with E-state index in [9.17, 15) is 13.6 Å². The molecule has 3 aromatic rings. The van der Waals surface area contributed by atoms with Gasteiger partial charge >= 0.3 is 0 Å². The molecule has 0 N–H and O–H groups in total. The fourth-order valence-corrected chi connectivity index (χ4v) is 2.85. The van der Waals surface area contributed by atoms with Crippen LogP contribution in [-0.4, -0.2) is 16.0 Å². The third-order valence-corrected chi connectivity index (χ3v) is 4.18. The zero-order valence-electron chi connectivity index (χ0n) is 13.6. The number of carbonyl (C=O) groups is 1. The number of hydrogen-bond acceptors (Lipinski definition) is 2. The highest BCUT2D eigenvalue weighted by Gasteiger charge is 2.22. The van der Waals surface area contributed by atoms with Gasteiger partial charge in [0, 0.05) is 18.8 Å². The summed E-state index contributed by atoms with van der Waals surface area (Å²) in [5.74, 6) is -1.28. The Labute approximate surface area is 138 Å². The number of anilines is 1. The first kappa shape index (κ1) is 16.1. The molecule has 1 heterocycles. The van der Waals surface area contributed by atoms with Crippen LogP contribution in [0, 0.1) is 18.6 Å². The summed E-state index contributed by atoms with van der Waals surface area (Å²) in [5, 5.41) is 0. The highest BCUT2D eigenvalue weighted by atomic mass is 19.2. The Bertz CT molecular complexity index is 920. The first-order chi connectivity index (χ1) is 11.4. The molecular weight excluding hydrogens is 312 g/mol. The van der Waals surface area contributed by atoms with Crippen molar-refractivity contribution in [1.82, 2.24) is 9.55 Å². The number of aromatic nitrogens is 2. The normalized spacial score (nSPS) is 12.4. The Morgan fingerprint density at radius 3 is 2.58 bits per heavy atom. The number of imidazole rings is 1. The number of carbonyl (C=O) groups excluding carboxylic acids is 1. The predicted molar refractivity (Wildman–Crippen MR) is 88.8 cm³/mol. The van der Waals surface area contributed by atoms with Crippen molar-refractivity contribution in [2.75, 3.05) is 4.90 Å². The number of nitrogens with zero attached hydrogens (tertiary/aromatic N) is 3. The molecule has 0 bridgehead atoms. The smallest absolute Gasteiger partial charge is 0.214 e. The van der Waals surface area contributed by atoms with E-state index >= 15 is 0 Å². The molecule has 24 heavy (non-hydrogen) atoms. The molecule has 0 saturated heterocycles. The Morgan fingerprint density at radius 1 is 1.17 bits per heavy atom. The van der Waals surface area contributed by atoms with Crippen molar-refractivity contribution in [1.29, 1.82) is 0 Å². The van der Waals surface area contributed by atoms with E-state index in [0.717, 1.165) is 28.7 Å². The van der Waals surface area contributed by atoms with Crippen LogP contribution in [0.25, 0.3) is 11.0 Å². The van der Waals surface area contributed by atoms with Crippen LogP contribution in [-0.2, 0) is 11.8 Å². The Hall–Kier alpha value is -2.76. The lowest BCUT2D eigenvalue weighted by molar-refractivity contribution is -0.107. The van der Waals surface area contributed by atoms with Crippen molar-refractivity contribution in [2.24, 2.45) is 7.05 Å². The number of halogens is 2. The molecule has 0 spiro atoms. The molecule has 1 atom stereocenters. The second kappa shape index (κ2) is 6.03. The minimum atomic E-state index is -0.993. The number of hydrogen-bond donors (Lipinski definition) is 0. The molecule has 0 fully saturated rings. The highest BCUT2D eigenvalue weighted by Crippen LogP contribution is 2.28. The molecular formula is C18H17F2N3O. The highest BCUT2D eigenvalue weighted by molar-refractivity contribution is 5.79. The second-order valence-electron chi connectivity index (χ2n) is 5.81. The Morgan fingerprint density at radius 2 is 1.92 bits per heavy atom. The molecule has 6 heteroatoms. The van der Waals surface area contributed by atoms with E-state index < -0.39 is 17.7 Å². The SMILES string of the molecule is Cc1ccc2c(c1)nc(C(C)N(C=O)c1ccc(F)c(F)c1)n2C. The molecule has 0 saturated carbocycles. The number of benzene rings is 2. The fourth-order valence-electron chi connectivity index (χ4n) is 2.85. The van der Waals surface area contributed by atoms with Gasteiger partial charge in [0.1, 0.15) is 5.82 Å². The van der Waals surface area contributed by atoms with E-state index in [1.807, 2.05) is 36.7 Å². The average molecular weight is 329 g/mol. The molecule has 3 rings (SSSR count). The quantitative estimate of drug-likeness (QED) is 0.681. The second-order valence-corrected chi connectivity index (χ2v) is 5.81. The van der Waals surface area contributed by atoms with E-state index in [0.29, 0.717) is 12.2 Å². The van der Waals surface area contributed by atoms with Crippen LogP contribution >= 0.6 is 0 Å². The van der Waals surface area contributed by atoms with Gasteiger partial charge in [-0.3, -0.25) is 4.79 Å². The average Bonchev–Trinajstić information content (AvgIpc) is 2.87. The minimum absolute atomic E-state index is 0.277. The number of rotatable bonds is 4. The number of fused-ring (bicyclic) bond motifs is 1. The van der Waals surface area contributed by atoms with Crippen LogP contribution < -0.4 is 4.90 Å². The van der Waals surface area contributed by atoms with Gasteiger partial charge in [0.05, 0.1) is 17.1 Å². The van der Waals surface area contributed by atoms with E-state index in [1.165, 1.54) is 11.0 Å².